The average Bonchev–Trinajstić information content (AvgIpc) is 2.42. The molecule has 1 aromatic carbocycles. The normalized spacial score (nSPS) is 11.0. The molecule has 0 aromatic heterocycles. The zero-order chi connectivity index (χ0) is 16.9. The molecule has 0 aliphatic heterocycles. The number of benzene rings is 1. The Balaban J connectivity index is 3.21. The standard InChI is InChI=1S/C13H19N3O5S/c1-4-7-14-13(17)9-15(22(3,20)21)12-8-11(16(18)19)6-5-10(12)2/h5-6,8H,4,7,9H2,1-3H3,(H,14,17). The van der Waals surface area contributed by atoms with Gasteiger partial charge in [-0.1, -0.05) is 13.0 Å². The van der Waals surface area contributed by atoms with Crippen LogP contribution in [0, 0.1) is 17.0 Å². The van der Waals surface area contributed by atoms with Gasteiger partial charge in [-0.25, -0.2) is 8.42 Å². The number of hydrogen-bond donors (Lipinski definition) is 1. The molecule has 0 radical (unpaired) electrons. The number of nitrogens with zero attached hydrogens (tertiary/aromatic N) is 2. The Labute approximate surface area is 129 Å². The van der Waals surface area contributed by atoms with E-state index in [-0.39, 0.29) is 11.4 Å². The van der Waals surface area contributed by atoms with Crippen LogP contribution in [-0.4, -0.2) is 38.6 Å². The van der Waals surface area contributed by atoms with Crippen LogP contribution in [0.15, 0.2) is 18.2 Å². The lowest BCUT2D eigenvalue weighted by atomic mass is 10.2. The first-order chi connectivity index (χ1) is 10.2. The van der Waals surface area contributed by atoms with E-state index in [0.29, 0.717) is 12.1 Å². The molecule has 1 rings (SSSR count). The van der Waals surface area contributed by atoms with Crippen LogP contribution in [0.4, 0.5) is 11.4 Å². The number of non-ortho nitro benzene ring substituents is 1. The van der Waals surface area contributed by atoms with Crippen molar-refractivity contribution in [1.82, 2.24) is 5.32 Å². The van der Waals surface area contributed by atoms with Gasteiger partial charge in [0.1, 0.15) is 6.54 Å². The first-order valence-corrected chi connectivity index (χ1v) is 8.51. The first kappa shape index (κ1) is 17.9. The quantitative estimate of drug-likeness (QED) is 0.597. The highest BCUT2D eigenvalue weighted by atomic mass is 32.2. The lowest BCUT2D eigenvalue weighted by Gasteiger charge is -2.23. The third kappa shape index (κ3) is 4.69. The summed E-state index contributed by atoms with van der Waals surface area (Å²) >= 11 is 0. The highest BCUT2D eigenvalue weighted by Crippen LogP contribution is 2.27. The molecule has 1 aromatic rings. The number of nitro groups is 1. The Morgan fingerprint density at radius 3 is 2.55 bits per heavy atom. The molecule has 9 heteroatoms. The Kier molecular flexibility index (Phi) is 5.86. The fourth-order valence-electron chi connectivity index (χ4n) is 1.81. The monoisotopic (exact) mass is 329 g/mol. The predicted octanol–water partition coefficient (Wildman–Crippen LogP) is 1.20. The smallest absolute Gasteiger partial charge is 0.271 e. The molecule has 22 heavy (non-hydrogen) atoms. The molecule has 0 bridgehead atoms. The number of carbonyl (C=O) groups excluding carboxylic acids is 1. The molecule has 1 amide bonds. The van der Waals surface area contributed by atoms with Gasteiger partial charge in [-0.2, -0.15) is 0 Å². The Morgan fingerprint density at radius 2 is 2.05 bits per heavy atom. The molecule has 0 saturated carbocycles. The van der Waals surface area contributed by atoms with Gasteiger partial charge < -0.3 is 5.32 Å². The topological polar surface area (TPSA) is 110 Å². The minimum absolute atomic E-state index is 0.128. The summed E-state index contributed by atoms with van der Waals surface area (Å²) in [6.45, 7) is 3.52. The molecule has 0 unspecified atom stereocenters. The van der Waals surface area contributed by atoms with E-state index in [2.05, 4.69) is 5.32 Å². The molecule has 0 aliphatic carbocycles. The summed E-state index contributed by atoms with van der Waals surface area (Å²) in [5, 5.41) is 13.4. The van der Waals surface area contributed by atoms with Crippen molar-refractivity contribution < 1.29 is 18.1 Å². The molecular weight excluding hydrogens is 310 g/mol. The third-order valence-corrected chi connectivity index (χ3v) is 4.06. The van der Waals surface area contributed by atoms with Crippen LogP contribution in [0.5, 0.6) is 0 Å². The summed E-state index contributed by atoms with van der Waals surface area (Å²) in [7, 11) is -3.75. The summed E-state index contributed by atoms with van der Waals surface area (Å²) in [6, 6.07) is 3.90. The van der Waals surface area contributed by atoms with Crippen molar-refractivity contribution in [2.45, 2.75) is 20.3 Å². The van der Waals surface area contributed by atoms with Gasteiger partial charge in [0.25, 0.3) is 5.69 Å². The number of amides is 1. The van der Waals surface area contributed by atoms with E-state index in [1.807, 2.05) is 6.92 Å². The molecule has 0 heterocycles. The summed E-state index contributed by atoms with van der Waals surface area (Å²) in [6.07, 6.45) is 1.68. The van der Waals surface area contributed by atoms with Gasteiger partial charge in [0.05, 0.1) is 16.9 Å². The maximum atomic E-state index is 12.0. The number of aryl methyl sites for hydroxylation is 1. The van der Waals surface area contributed by atoms with Crippen molar-refractivity contribution in [3.8, 4) is 0 Å². The molecule has 0 spiro atoms. The van der Waals surface area contributed by atoms with Crippen LogP contribution in [0.3, 0.4) is 0 Å². The molecule has 0 aliphatic rings. The number of nitrogens with one attached hydrogen (secondary N) is 1. The predicted molar refractivity (Wildman–Crippen MR) is 83.3 cm³/mol. The summed E-state index contributed by atoms with van der Waals surface area (Å²) in [4.78, 5) is 22.1. The highest BCUT2D eigenvalue weighted by molar-refractivity contribution is 7.92. The summed E-state index contributed by atoms with van der Waals surface area (Å²) in [5.74, 6) is -0.460. The van der Waals surface area contributed by atoms with Gasteiger partial charge in [0.15, 0.2) is 0 Å². The van der Waals surface area contributed by atoms with E-state index in [9.17, 15) is 23.3 Å². The van der Waals surface area contributed by atoms with E-state index >= 15 is 0 Å². The van der Waals surface area contributed by atoms with Crippen molar-refractivity contribution in [1.29, 1.82) is 0 Å². The van der Waals surface area contributed by atoms with Gasteiger partial charge in [0.2, 0.25) is 15.9 Å². The number of rotatable bonds is 7. The van der Waals surface area contributed by atoms with E-state index in [1.165, 1.54) is 12.1 Å². The van der Waals surface area contributed by atoms with Gasteiger partial charge in [-0.15, -0.1) is 0 Å². The van der Waals surface area contributed by atoms with Crippen molar-refractivity contribution in [3.63, 3.8) is 0 Å². The zero-order valence-electron chi connectivity index (χ0n) is 12.7. The largest absolute Gasteiger partial charge is 0.355 e. The van der Waals surface area contributed by atoms with Crippen molar-refractivity contribution in [3.05, 3.63) is 33.9 Å². The van der Waals surface area contributed by atoms with Gasteiger partial charge in [-0.3, -0.25) is 19.2 Å². The molecule has 0 atom stereocenters. The lowest BCUT2D eigenvalue weighted by molar-refractivity contribution is -0.384. The SMILES string of the molecule is CCCNC(=O)CN(c1cc([N+](=O)[O-])ccc1C)S(C)(=O)=O. The maximum Gasteiger partial charge on any atom is 0.271 e. The second-order valence-electron chi connectivity index (χ2n) is 4.85. The van der Waals surface area contributed by atoms with Crippen LogP contribution in [0.1, 0.15) is 18.9 Å². The van der Waals surface area contributed by atoms with Crippen LogP contribution in [-0.2, 0) is 14.8 Å². The average molecular weight is 329 g/mol. The van der Waals surface area contributed by atoms with Gasteiger partial charge >= 0.3 is 0 Å². The Morgan fingerprint density at radius 1 is 1.41 bits per heavy atom. The Hall–Kier alpha value is -2.16. The number of carbonyl (C=O) groups is 1. The third-order valence-electron chi connectivity index (χ3n) is 2.93. The fraction of sp³-hybridized carbons (Fsp3) is 0.462. The molecule has 1 N–H and O–H groups in total. The van der Waals surface area contributed by atoms with E-state index < -0.39 is 27.4 Å². The molecule has 0 saturated heterocycles. The van der Waals surface area contributed by atoms with E-state index in [4.69, 9.17) is 0 Å². The minimum Gasteiger partial charge on any atom is -0.355 e. The fourth-order valence-corrected chi connectivity index (χ4v) is 2.72. The van der Waals surface area contributed by atoms with Crippen LogP contribution >= 0.6 is 0 Å². The van der Waals surface area contributed by atoms with Crippen molar-refractivity contribution in [2.75, 3.05) is 23.7 Å². The second kappa shape index (κ2) is 7.21. The summed E-state index contributed by atoms with van der Waals surface area (Å²) < 4.78 is 24.8. The van der Waals surface area contributed by atoms with Gasteiger partial charge in [-0.05, 0) is 18.9 Å². The first-order valence-electron chi connectivity index (χ1n) is 6.66. The van der Waals surface area contributed by atoms with E-state index in [0.717, 1.165) is 23.0 Å². The van der Waals surface area contributed by atoms with Crippen LogP contribution < -0.4 is 9.62 Å². The number of anilines is 1. The Bertz CT molecular complexity index is 672. The van der Waals surface area contributed by atoms with Gasteiger partial charge in [0, 0.05) is 18.7 Å². The van der Waals surface area contributed by atoms with Crippen LogP contribution in [0.2, 0.25) is 0 Å². The highest BCUT2D eigenvalue weighted by Gasteiger charge is 2.24. The number of sulfonamides is 1. The maximum absolute atomic E-state index is 12.0. The molecule has 0 fully saturated rings. The number of hydrogen-bond acceptors (Lipinski definition) is 5. The van der Waals surface area contributed by atoms with Crippen molar-refractivity contribution >= 4 is 27.3 Å². The molecular formula is C13H19N3O5S. The second-order valence-corrected chi connectivity index (χ2v) is 6.75. The van der Waals surface area contributed by atoms with Crippen LogP contribution in [0.25, 0.3) is 0 Å². The van der Waals surface area contributed by atoms with E-state index in [1.54, 1.807) is 6.92 Å². The molecule has 8 nitrogen and oxygen atoms in total. The van der Waals surface area contributed by atoms with Crippen molar-refractivity contribution in [2.24, 2.45) is 0 Å². The zero-order valence-corrected chi connectivity index (χ0v) is 13.5. The summed E-state index contributed by atoms with van der Waals surface area (Å²) in [5.41, 5.74) is 0.422. The minimum atomic E-state index is -3.75. The number of nitro benzene ring substituents is 1. The lowest BCUT2D eigenvalue weighted by Crippen LogP contribution is -2.40. The molecule has 122 valence electrons.